The van der Waals surface area contributed by atoms with Crippen LogP contribution in [-0.2, 0) is 16.4 Å². The Hall–Kier alpha value is -0.920. The van der Waals surface area contributed by atoms with E-state index in [9.17, 15) is 18.3 Å². The van der Waals surface area contributed by atoms with E-state index in [0.717, 1.165) is 16.2 Å². The lowest BCUT2D eigenvalue weighted by Crippen LogP contribution is -2.40. The van der Waals surface area contributed by atoms with E-state index in [2.05, 4.69) is 4.72 Å². The molecule has 0 aromatic carbocycles. The van der Waals surface area contributed by atoms with E-state index in [0.29, 0.717) is 12.0 Å². The van der Waals surface area contributed by atoms with Crippen LogP contribution in [0.4, 0.5) is 0 Å². The summed E-state index contributed by atoms with van der Waals surface area (Å²) in [6.07, 6.45) is 0.495. The molecule has 0 radical (unpaired) electrons. The van der Waals surface area contributed by atoms with Crippen molar-refractivity contribution in [3.8, 4) is 0 Å². The van der Waals surface area contributed by atoms with E-state index in [1.54, 1.807) is 27.7 Å². The Bertz CT molecular complexity index is 594. The Balaban J connectivity index is 3.48. The summed E-state index contributed by atoms with van der Waals surface area (Å²) >= 11 is 1.01. The van der Waals surface area contributed by atoms with Crippen molar-refractivity contribution < 1.29 is 18.3 Å². The fourth-order valence-corrected chi connectivity index (χ4v) is 5.11. The summed E-state index contributed by atoms with van der Waals surface area (Å²) in [7, 11) is -3.82. The van der Waals surface area contributed by atoms with Crippen molar-refractivity contribution in [3.05, 3.63) is 16.0 Å². The van der Waals surface area contributed by atoms with Crippen LogP contribution in [0.3, 0.4) is 0 Å². The molecule has 0 spiro atoms. The number of nitrogens with one attached hydrogen (secondary N) is 1. The molecular formula is C12H19NO4S2. The van der Waals surface area contributed by atoms with Gasteiger partial charge in [-0.1, -0.05) is 6.92 Å². The maximum atomic E-state index is 12.3. The van der Waals surface area contributed by atoms with Gasteiger partial charge < -0.3 is 5.11 Å². The third-order valence-corrected chi connectivity index (χ3v) is 5.85. The van der Waals surface area contributed by atoms with Crippen LogP contribution >= 0.6 is 11.3 Å². The zero-order chi connectivity index (χ0) is 15.0. The average molecular weight is 305 g/mol. The van der Waals surface area contributed by atoms with Crippen molar-refractivity contribution in [2.24, 2.45) is 0 Å². The molecule has 0 unspecified atom stereocenters. The molecule has 1 aromatic heterocycles. The SMILES string of the molecule is CCc1c(C)sc(S(=O)(=O)NC(C)(C)C)c1C(=O)O. The molecule has 0 aliphatic carbocycles. The Morgan fingerprint density at radius 1 is 1.37 bits per heavy atom. The lowest BCUT2D eigenvalue weighted by Gasteiger charge is -2.20. The second-order valence-electron chi connectivity index (χ2n) is 5.31. The standard InChI is InChI=1S/C12H19NO4S2/c1-6-8-7(2)18-11(9(8)10(14)15)19(16,17)13-12(3,4)5/h13H,6H2,1-5H3,(H,14,15). The highest BCUT2D eigenvalue weighted by Crippen LogP contribution is 2.32. The minimum absolute atomic E-state index is 0.0956. The van der Waals surface area contributed by atoms with Crippen LogP contribution in [0.5, 0.6) is 0 Å². The topological polar surface area (TPSA) is 83.5 Å². The van der Waals surface area contributed by atoms with Crippen LogP contribution < -0.4 is 4.72 Å². The van der Waals surface area contributed by atoms with Gasteiger partial charge in [-0.25, -0.2) is 17.9 Å². The number of sulfonamides is 1. The highest BCUT2D eigenvalue weighted by molar-refractivity contribution is 7.91. The number of thiophene rings is 1. The van der Waals surface area contributed by atoms with Gasteiger partial charge in [0.25, 0.3) is 10.0 Å². The molecule has 19 heavy (non-hydrogen) atoms. The third-order valence-electron chi connectivity index (χ3n) is 2.43. The van der Waals surface area contributed by atoms with Gasteiger partial charge in [-0.3, -0.25) is 0 Å². The van der Waals surface area contributed by atoms with Gasteiger partial charge in [0, 0.05) is 10.4 Å². The Kier molecular flexibility index (Phi) is 4.44. The van der Waals surface area contributed by atoms with Gasteiger partial charge in [0.1, 0.15) is 4.21 Å². The molecule has 5 nitrogen and oxygen atoms in total. The fraction of sp³-hybridized carbons (Fsp3) is 0.583. The van der Waals surface area contributed by atoms with Gasteiger partial charge in [-0.2, -0.15) is 0 Å². The predicted octanol–water partition coefficient (Wildman–Crippen LogP) is 2.39. The van der Waals surface area contributed by atoms with E-state index in [4.69, 9.17) is 0 Å². The summed E-state index contributed by atoms with van der Waals surface area (Å²) in [6.45, 7) is 8.70. The lowest BCUT2D eigenvalue weighted by atomic mass is 10.1. The number of carboxylic acids is 1. The van der Waals surface area contributed by atoms with Crippen LogP contribution in [0.2, 0.25) is 0 Å². The molecule has 0 saturated carbocycles. The van der Waals surface area contributed by atoms with E-state index in [1.807, 2.05) is 6.92 Å². The molecule has 2 N–H and O–H groups in total. The first-order valence-corrected chi connectivity index (χ1v) is 8.19. The molecule has 1 aromatic rings. The number of hydrogen-bond donors (Lipinski definition) is 2. The molecule has 0 bridgehead atoms. The van der Waals surface area contributed by atoms with Crippen LogP contribution in [0.25, 0.3) is 0 Å². The molecule has 0 aliphatic heterocycles. The molecule has 0 aliphatic rings. The first kappa shape index (κ1) is 16.1. The minimum Gasteiger partial charge on any atom is -0.478 e. The quantitative estimate of drug-likeness (QED) is 0.894. The van der Waals surface area contributed by atoms with Gasteiger partial charge in [0.2, 0.25) is 0 Å². The predicted molar refractivity (Wildman–Crippen MR) is 75.5 cm³/mol. The van der Waals surface area contributed by atoms with E-state index < -0.39 is 21.5 Å². The summed E-state index contributed by atoms with van der Waals surface area (Å²) < 4.78 is 27.0. The Morgan fingerprint density at radius 2 is 1.89 bits per heavy atom. The van der Waals surface area contributed by atoms with Crippen molar-refractivity contribution in [1.82, 2.24) is 4.72 Å². The second-order valence-corrected chi connectivity index (χ2v) is 8.42. The van der Waals surface area contributed by atoms with Crippen LogP contribution in [-0.4, -0.2) is 25.0 Å². The minimum atomic E-state index is -3.82. The number of carboxylic acid groups (broad SMARTS) is 1. The maximum Gasteiger partial charge on any atom is 0.338 e. The van der Waals surface area contributed by atoms with Crippen LogP contribution in [0.1, 0.15) is 48.5 Å². The molecule has 0 amide bonds. The zero-order valence-corrected chi connectivity index (χ0v) is 13.3. The summed E-state index contributed by atoms with van der Waals surface area (Å²) in [5.74, 6) is -1.20. The van der Waals surface area contributed by atoms with Gasteiger partial charge in [0.15, 0.2) is 0 Å². The molecular weight excluding hydrogens is 286 g/mol. The maximum absolute atomic E-state index is 12.3. The molecule has 0 saturated heterocycles. The van der Waals surface area contributed by atoms with E-state index in [-0.39, 0.29) is 9.77 Å². The van der Waals surface area contributed by atoms with Gasteiger partial charge >= 0.3 is 5.97 Å². The van der Waals surface area contributed by atoms with Gasteiger partial charge in [0.05, 0.1) is 5.56 Å². The molecule has 7 heteroatoms. The van der Waals surface area contributed by atoms with Crippen molar-refractivity contribution in [1.29, 1.82) is 0 Å². The molecule has 0 atom stereocenters. The van der Waals surface area contributed by atoms with Crippen molar-refractivity contribution in [2.45, 2.75) is 50.8 Å². The Morgan fingerprint density at radius 3 is 2.26 bits per heavy atom. The van der Waals surface area contributed by atoms with Crippen molar-refractivity contribution in [2.75, 3.05) is 0 Å². The third kappa shape index (κ3) is 3.55. The summed E-state index contributed by atoms with van der Waals surface area (Å²) in [6, 6.07) is 0. The van der Waals surface area contributed by atoms with Gasteiger partial charge in [-0.15, -0.1) is 11.3 Å². The molecule has 1 heterocycles. The molecule has 108 valence electrons. The van der Waals surface area contributed by atoms with Crippen molar-refractivity contribution >= 4 is 27.3 Å². The fourth-order valence-electron chi connectivity index (χ4n) is 1.83. The van der Waals surface area contributed by atoms with E-state index in [1.165, 1.54) is 0 Å². The summed E-state index contributed by atoms with van der Waals surface area (Å²) in [4.78, 5) is 12.1. The number of hydrogen-bond acceptors (Lipinski definition) is 4. The number of rotatable bonds is 4. The summed E-state index contributed by atoms with van der Waals surface area (Å²) in [5.41, 5.74) is -0.160. The average Bonchev–Trinajstić information content (AvgIpc) is 2.52. The van der Waals surface area contributed by atoms with Crippen LogP contribution in [0, 0.1) is 6.92 Å². The van der Waals surface area contributed by atoms with Crippen LogP contribution in [0.15, 0.2) is 4.21 Å². The monoisotopic (exact) mass is 305 g/mol. The number of carbonyl (C=O) groups is 1. The smallest absolute Gasteiger partial charge is 0.338 e. The lowest BCUT2D eigenvalue weighted by molar-refractivity contribution is 0.0692. The second kappa shape index (κ2) is 5.22. The van der Waals surface area contributed by atoms with E-state index >= 15 is 0 Å². The first-order valence-electron chi connectivity index (χ1n) is 5.89. The van der Waals surface area contributed by atoms with Crippen molar-refractivity contribution in [3.63, 3.8) is 0 Å². The first-order chi connectivity index (χ1) is 8.49. The molecule has 1 rings (SSSR count). The van der Waals surface area contributed by atoms with Gasteiger partial charge in [-0.05, 0) is 39.7 Å². The summed E-state index contributed by atoms with van der Waals surface area (Å²) in [5, 5.41) is 9.27. The highest BCUT2D eigenvalue weighted by atomic mass is 32.2. The highest BCUT2D eigenvalue weighted by Gasteiger charge is 2.31. The normalized spacial score (nSPS) is 12.7. The number of aromatic carboxylic acids is 1. The Labute approximate surface area is 117 Å². The largest absolute Gasteiger partial charge is 0.478 e. The molecule has 0 fully saturated rings. The zero-order valence-electron chi connectivity index (χ0n) is 11.7. The number of aryl methyl sites for hydroxylation is 1.